The second-order valence-corrected chi connectivity index (χ2v) is 6.72. The van der Waals surface area contributed by atoms with Gasteiger partial charge in [0.25, 0.3) is 0 Å². The molecule has 1 aliphatic heterocycles. The lowest BCUT2D eigenvalue weighted by Crippen LogP contribution is -2.44. The van der Waals surface area contributed by atoms with Gasteiger partial charge in [-0.2, -0.15) is 0 Å². The Bertz CT molecular complexity index is 719. The zero-order valence-electron chi connectivity index (χ0n) is 14.6. The van der Waals surface area contributed by atoms with E-state index < -0.39 is 5.60 Å². The molecule has 2 aliphatic rings. The first kappa shape index (κ1) is 17.4. The molecular weight excluding hydrogens is 316 g/mol. The number of esters is 1. The summed E-state index contributed by atoms with van der Waals surface area (Å²) in [5, 5.41) is 9.55. The van der Waals surface area contributed by atoms with Gasteiger partial charge >= 0.3 is 5.97 Å². The van der Waals surface area contributed by atoms with Gasteiger partial charge < -0.3 is 14.6 Å². The van der Waals surface area contributed by atoms with Gasteiger partial charge in [-0.1, -0.05) is 30.7 Å². The second-order valence-electron chi connectivity index (χ2n) is 6.72. The Kier molecular flexibility index (Phi) is 5.33. The fraction of sp³-hybridized carbons (Fsp3) is 0.476. The fourth-order valence-electron chi connectivity index (χ4n) is 3.82. The third kappa shape index (κ3) is 4.17. The van der Waals surface area contributed by atoms with Gasteiger partial charge in [0.1, 0.15) is 17.1 Å². The molecule has 4 nitrogen and oxygen atoms in total. The number of rotatable bonds is 4. The summed E-state index contributed by atoms with van der Waals surface area (Å²) in [5.41, 5.74) is 0.153. The number of hydrogen-bond acceptors (Lipinski definition) is 4. The molecule has 0 amide bonds. The van der Waals surface area contributed by atoms with Crippen molar-refractivity contribution < 1.29 is 19.4 Å². The van der Waals surface area contributed by atoms with E-state index in [9.17, 15) is 9.90 Å². The number of phenols is 1. The highest BCUT2D eigenvalue weighted by molar-refractivity contribution is 5.84. The largest absolute Gasteiger partial charge is 0.508 e. The van der Waals surface area contributed by atoms with Gasteiger partial charge in [-0.3, -0.25) is 0 Å². The van der Waals surface area contributed by atoms with Crippen molar-refractivity contribution in [3.63, 3.8) is 0 Å². The molecule has 1 saturated carbocycles. The third-order valence-corrected chi connectivity index (χ3v) is 4.95. The summed E-state index contributed by atoms with van der Waals surface area (Å²) < 4.78 is 11.5. The monoisotopic (exact) mass is 340 g/mol. The van der Waals surface area contributed by atoms with Crippen molar-refractivity contribution in [1.29, 1.82) is 0 Å². The molecule has 4 heteroatoms. The predicted octanol–water partition coefficient (Wildman–Crippen LogP) is 3.93. The van der Waals surface area contributed by atoms with Crippen molar-refractivity contribution in [3.8, 4) is 17.6 Å². The fourth-order valence-corrected chi connectivity index (χ4v) is 3.82. The van der Waals surface area contributed by atoms with E-state index in [4.69, 9.17) is 9.47 Å². The van der Waals surface area contributed by atoms with Crippen LogP contribution in [0.1, 0.15) is 51.0 Å². The summed E-state index contributed by atoms with van der Waals surface area (Å²) >= 11 is 0. The number of carbonyl (C=O) groups excluding carboxylic acids is 1. The molecule has 3 rings (SSSR count). The van der Waals surface area contributed by atoms with Gasteiger partial charge in [0, 0.05) is 17.9 Å². The number of hydrogen-bond donors (Lipinski definition) is 1. The lowest BCUT2D eigenvalue weighted by Gasteiger charge is -2.39. The van der Waals surface area contributed by atoms with Crippen molar-refractivity contribution in [2.24, 2.45) is 5.92 Å². The van der Waals surface area contributed by atoms with Gasteiger partial charge in [0.05, 0.1) is 19.1 Å². The first-order valence-corrected chi connectivity index (χ1v) is 8.95. The van der Waals surface area contributed by atoms with Crippen LogP contribution in [0.15, 0.2) is 36.1 Å². The molecule has 1 fully saturated rings. The van der Waals surface area contributed by atoms with Gasteiger partial charge in [-0.15, -0.1) is 0 Å². The molecule has 1 atom stereocenters. The first-order chi connectivity index (χ1) is 12.1. The molecule has 25 heavy (non-hydrogen) atoms. The van der Waals surface area contributed by atoms with Crippen LogP contribution >= 0.6 is 0 Å². The van der Waals surface area contributed by atoms with Crippen molar-refractivity contribution in [1.82, 2.24) is 0 Å². The highest BCUT2D eigenvalue weighted by Crippen LogP contribution is 2.44. The van der Waals surface area contributed by atoms with E-state index in [-0.39, 0.29) is 11.7 Å². The van der Waals surface area contributed by atoms with Crippen LogP contribution in [0.2, 0.25) is 0 Å². The van der Waals surface area contributed by atoms with Crippen molar-refractivity contribution in [2.75, 3.05) is 6.61 Å². The molecule has 1 unspecified atom stereocenters. The van der Waals surface area contributed by atoms with E-state index in [1.54, 1.807) is 18.2 Å². The molecule has 1 aromatic carbocycles. The predicted molar refractivity (Wildman–Crippen MR) is 94.7 cm³/mol. The second kappa shape index (κ2) is 7.65. The van der Waals surface area contributed by atoms with Gasteiger partial charge in [0.15, 0.2) is 0 Å². The van der Waals surface area contributed by atoms with Crippen LogP contribution < -0.4 is 0 Å². The van der Waals surface area contributed by atoms with Crippen LogP contribution in [0, 0.1) is 17.8 Å². The maximum atomic E-state index is 12.1. The summed E-state index contributed by atoms with van der Waals surface area (Å²) in [6.45, 7) is 2.45. The van der Waals surface area contributed by atoms with E-state index in [1.807, 2.05) is 13.0 Å². The molecule has 1 aliphatic carbocycles. The van der Waals surface area contributed by atoms with Crippen LogP contribution in [0.3, 0.4) is 0 Å². The van der Waals surface area contributed by atoms with Crippen molar-refractivity contribution in [3.05, 3.63) is 41.7 Å². The smallest absolute Gasteiger partial charge is 0.334 e. The zero-order valence-corrected chi connectivity index (χ0v) is 14.6. The normalized spacial score (nSPS) is 23.4. The van der Waals surface area contributed by atoms with Crippen LogP contribution in [-0.4, -0.2) is 23.3 Å². The van der Waals surface area contributed by atoms with Crippen molar-refractivity contribution >= 4 is 5.97 Å². The Morgan fingerprint density at radius 1 is 1.36 bits per heavy atom. The minimum absolute atomic E-state index is 0.197. The minimum Gasteiger partial charge on any atom is -0.508 e. The Hall–Kier alpha value is -2.41. The lowest BCUT2D eigenvalue weighted by atomic mass is 9.79. The number of ether oxygens (including phenoxy) is 2. The van der Waals surface area contributed by atoms with E-state index in [2.05, 4.69) is 11.8 Å². The maximum Gasteiger partial charge on any atom is 0.334 e. The summed E-state index contributed by atoms with van der Waals surface area (Å²) in [6.07, 6.45) is 6.96. The van der Waals surface area contributed by atoms with Crippen LogP contribution in [0.4, 0.5) is 0 Å². The van der Waals surface area contributed by atoms with E-state index in [0.29, 0.717) is 31.1 Å². The molecule has 1 N–H and O–H groups in total. The molecule has 0 aromatic heterocycles. The van der Waals surface area contributed by atoms with E-state index in [0.717, 1.165) is 31.2 Å². The molecule has 1 aromatic rings. The number of aromatic hydroxyl groups is 1. The molecular formula is C21H24O4. The average Bonchev–Trinajstić information content (AvgIpc) is 3.10. The highest BCUT2D eigenvalue weighted by atomic mass is 16.6. The van der Waals surface area contributed by atoms with Crippen LogP contribution in [0.25, 0.3) is 0 Å². The molecule has 132 valence electrons. The SMILES string of the molecule is CCOC1=CC(=O)OC(CC#Cc2cccc(O)c2)(C2CCCC2)C1. The van der Waals surface area contributed by atoms with Crippen molar-refractivity contribution in [2.45, 2.75) is 51.0 Å². The highest BCUT2D eigenvalue weighted by Gasteiger charge is 2.46. The van der Waals surface area contributed by atoms with Crippen LogP contribution in [-0.2, 0) is 14.3 Å². The number of benzene rings is 1. The Balaban J connectivity index is 1.83. The van der Waals surface area contributed by atoms with E-state index in [1.165, 1.54) is 6.08 Å². The standard InChI is InChI=1S/C21H24O4/c1-2-24-19-14-20(23)25-21(15-19,17-9-3-4-10-17)12-6-8-16-7-5-11-18(22)13-16/h5,7,11,13-14,17,22H,2-4,9-10,12,15H2,1H3. The van der Waals surface area contributed by atoms with E-state index >= 15 is 0 Å². The molecule has 0 spiro atoms. The molecule has 0 bridgehead atoms. The maximum absolute atomic E-state index is 12.1. The number of carbonyl (C=O) groups is 1. The summed E-state index contributed by atoms with van der Waals surface area (Å²) in [7, 11) is 0. The number of phenolic OH excluding ortho intramolecular Hbond substituents is 1. The zero-order chi connectivity index (χ0) is 17.7. The van der Waals surface area contributed by atoms with Gasteiger partial charge in [-0.25, -0.2) is 4.79 Å². The number of cyclic esters (lactones) is 1. The van der Waals surface area contributed by atoms with Gasteiger partial charge in [0.2, 0.25) is 0 Å². The first-order valence-electron chi connectivity index (χ1n) is 8.95. The summed E-state index contributed by atoms with van der Waals surface area (Å²) in [5.74, 6) is 7.14. The molecule has 1 heterocycles. The Labute approximate surface area is 148 Å². The molecule has 0 radical (unpaired) electrons. The topological polar surface area (TPSA) is 55.8 Å². The summed E-state index contributed by atoms with van der Waals surface area (Å²) in [4.78, 5) is 12.1. The quantitative estimate of drug-likeness (QED) is 0.666. The summed E-state index contributed by atoms with van der Waals surface area (Å²) in [6, 6.07) is 6.87. The average molecular weight is 340 g/mol. The Morgan fingerprint density at radius 3 is 2.88 bits per heavy atom. The molecule has 0 saturated heterocycles. The Morgan fingerprint density at radius 2 is 2.16 bits per heavy atom. The van der Waals surface area contributed by atoms with Gasteiger partial charge in [-0.05, 0) is 38.0 Å². The minimum atomic E-state index is -0.601. The van der Waals surface area contributed by atoms with Crippen LogP contribution in [0.5, 0.6) is 5.75 Å². The lowest BCUT2D eigenvalue weighted by molar-refractivity contribution is -0.164. The third-order valence-electron chi connectivity index (χ3n) is 4.95.